The number of hydrogen-bond donors (Lipinski definition) is 3. The summed E-state index contributed by atoms with van der Waals surface area (Å²) in [5.41, 5.74) is 5.83. The zero-order valence-electron chi connectivity index (χ0n) is 17.9. The summed E-state index contributed by atoms with van der Waals surface area (Å²) in [6, 6.07) is 10.6. The van der Waals surface area contributed by atoms with E-state index in [-0.39, 0.29) is 28.0 Å². The van der Waals surface area contributed by atoms with Crippen LogP contribution in [0.5, 0.6) is 5.75 Å². The van der Waals surface area contributed by atoms with E-state index >= 15 is 0 Å². The Morgan fingerprint density at radius 2 is 1.74 bits per heavy atom. The van der Waals surface area contributed by atoms with Crippen LogP contribution in [0, 0.1) is 5.92 Å². The summed E-state index contributed by atoms with van der Waals surface area (Å²) in [7, 11) is -3.75. The van der Waals surface area contributed by atoms with E-state index in [4.69, 9.17) is 5.73 Å². The first-order chi connectivity index (χ1) is 14.5. The van der Waals surface area contributed by atoms with Gasteiger partial charge in [0.2, 0.25) is 0 Å². The Kier molecular flexibility index (Phi) is 6.62. The Balaban J connectivity index is 1.66. The van der Waals surface area contributed by atoms with Crippen molar-refractivity contribution in [2.45, 2.75) is 49.4 Å². The van der Waals surface area contributed by atoms with Crippen LogP contribution < -0.4 is 5.73 Å². The summed E-state index contributed by atoms with van der Waals surface area (Å²) >= 11 is 0. The highest BCUT2D eigenvalue weighted by molar-refractivity contribution is 7.90. The smallest absolute Gasteiger partial charge is 0.253 e. The molecule has 1 aliphatic heterocycles. The fraction of sp³-hybridized carbons (Fsp3) is 0.435. The predicted octanol–water partition coefficient (Wildman–Crippen LogP) is 2.96. The lowest BCUT2D eigenvalue weighted by Crippen LogP contribution is -2.47. The third-order valence-electron chi connectivity index (χ3n) is 5.71. The number of sulfone groups is 1. The van der Waals surface area contributed by atoms with Crippen LogP contribution in [-0.2, 0) is 15.6 Å². The maximum atomic E-state index is 12.8. The number of likely N-dealkylation sites (tertiary alicyclic amines) is 1. The molecule has 1 saturated heterocycles. The number of anilines is 1. The van der Waals surface area contributed by atoms with Crippen molar-refractivity contribution in [1.29, 1.82) is 0 Å². The molecular formula is C23H30N2O5S. The average molecular weight is 447 g/mol. The van der Waals surface area contributed by atoms with Gasteiger partial charge in [0.25, 0.3) is 5.91 Å². The van der Waals surface area contributed by atoms with E-state index in [0.717, 1.165) is 6.42 Å². The van der Waals surface area contributed by atoms with Crippen molar-refractivity contribution in [3.05, 3.63) is 53.6 Å². The third-order valence-corrected chi connectivity index (χ3v) is 7.44. The van der Waals surface area contributed by atoms with Crippen LogP contribution in [0.2, 0.25) is 0 Å². The minimum absolute atomic E-state index is 0.116. The van der Waals surface area contributed by atoms with Gasteiger partial charge in [0, 0.05) is 18.7 Å². The van der Waals surface area contributed by atoms with Gasteiger partial charge >= 0.3 is 0 Å². The molecule has 0 unspecified atom stereocenters. The van der Waals surface area contributed by atoms with Crippen LogP contribution >= 0.6 is 0 Å². The number of hydrogen-bond acceptors (Lipinski definition) is 6. The van der Waals surface area contributed by atoms with E-state index in [9.17, 15) is 23.4 Å². The summed E-state index contributed by atoms with van der Waals surface area (Å²) in [5.74, 6) is -0.297. The molecule has 1 aliphatic rings. The van der Waals surface area contributed by atoms with Crippen LogP contribution in [0.4, 0.5) is 5.69 Å². The number of nitrogens with zero attached hydrogens (tertiary/aromatic N) is 1. The van der Waals surface area contributed by atoms with Crippen LogP contribution in [0.25, 0.3) is 0 Å². The molecule has 0 atom stereocenters. The van der Waals surface area contributed by atoms with E-state index < -0.39 is 15.4 Å². The van der Waals surface area contributed by atoms with Crippen LogP contribution in [0.3, 0.4) is 0 Å². The van der Waals surface area contributed by atoms with Crippen molar-refractivity contribution in [3.63, 3.8) is 0 Å². The molecule has 2 aromatic carbocycles. The first kappa shape index (κ1) is 23.1. The molecule has 8 heteroatoms. The molecule has 31 heavy (non-hydrogen) atoms. The van der Waals surface area contributed by atoms with Gasteiger partial charge in [-0.3, -0.25) is 4.79 Å². The second-order valence-electron chi connectivity index (χ2n) is 8.76. The molecule has 2 aromatic rings. The monoisotopic (exact) mass is 446 g/mol. The van der Waals surface area contributed by atoms with Crippen molar-refractivity contribution >= 4 is 21.4 Å². The standard InChI is InChI=1S/C23H30N2O5S/c1-16(2)14-23(28)10-12-25(13-11-23)22(27)18-8-6-17(7-9-18)15-31(29,30)20-5-3-4-19(26)21(20)24/h3-9,16,26,28H,10-15,24H2,1-2H3. The largest absolute Gasteiger partial charge is 0.506 e. The normalized spacial score (nSPS) is 16.5. The first-order valence-electron chi connectivity index (χ1n) is 10.4. The van der Waals surface area contributed by atoms with E-state index in [0.29, 0.717) is 43.0 Å². The molecule has 0 spiro atoms. The SMILES string of the molecule is CC(C)CC1(O)CCN(C(=O)c2ccc(CS(=O)(=O)c3cccc(O)c3N)cc2)CC1. The van der Waals surface area contributed by atoms with Gasteiger partial charge in [-0.05, 0) is 55.0 Å². The van der Waals surface area contributed by atoms with E-state index in [1.54, 1.807) is 29.2 Å². The van der Waals surface area contributed by atoms with Crippen molar-refractivity contribution in [3.8, 4) is 5.75 Å². The van der Waals surface area contributed by atoms with Crippen LogP contribution in [0.1, 0.15) is 49.0 Å². The van der Waals surface area contributed by atoms with Gasteiger partial charge in [0.1, 0.15) is 5.75 Å². The van der Waals surface area contributed by atoms with Crippen LogP contribution in [-0.4, -0.2) is 48.1 Å². The third kappa shape index (κ3) is 5.37. The number of piperidine rings is 1. The molecule has 7 nitrogen and oxygen atoms in total. The molecule has 1 amide bonds. The predicted molar refractivity (Wildman–Crippen MR) is 119 cm³/mol. The summed E-state index contributed by atoms with van der Waals surface area (Å²) in [5, 5.41) is 20.3. The van der Waals surface area contributed by atoms with Gasteiger partial charge in [-0.15, -0.1) is 0 Å². The lowest BCUT2D eigenvalue weighted by atomic mass is 9.84. The number of carbonyl (C=O) groups is 1. The number of nitrogen functional groups attached to an aromatic ring is 1. The van der Waals surface area contributed by atoms with E-state index in [2.05, 4.69) is 13.8 Å². The van der Waals surface area contributed by atoms with Gasteiger partial charge < -0.3 is 20.8 Å². The Morgan fingerprint density at radius 3 is 2.32 bits per heavy atom. The fourth-order valence-electron chi connectivity index (χ4n) is 4.12. The number of nitrogens with two attached hydrogens (primary N) is 1. The summed E-state index contributed by atoms with van der Waals surface area (Å²) in [6.45, 7) is 5.14. The number of rotatable bonds is 6. The molecule has 3 rings (SSSR count). The highest BCUT2D eigenvalue weighted by atomic mass is 32.2. The molecule has 0 radical (unpaired) electrons. The summed E-state index contributed by atoms with van der Waals surface area (Å²) in [4.78, 5) is 14.4. The van der Waals surface area contributed by atoms with Crippen molar-refractivity contribution in [2.24, 2.45) is 5.92 Å². The maximum Gasteiger partial charge on any atom is 0.253 e. The molecule has 0 aromatic heterocycles. The minimum atomic E-state index is -3.75. The zero-order chi connectivity index (χ0) is 22.8. The second kappa shape index (κ2) is 8.88. The Morgan fingerprint density at radius 1 is 1.13 bits per heavy atom. The molecular weight excluding hydrogens is 416 g/mol. The maximum absolute atomic E-state index is 12.8. The van der Waals surface area contributed by atoms with Gasteiger partial charge in [-0.1, -0.05) is 32.0 Å². The quantitative estimate of drug-likeness (QED) is 0.463. The highest BCUT2D eigenvalue weighted by Gasteiger charge is 2.34. The summed E-state index contributed by atoms with van der Waals surface area (Å²) in [6.07, 6.45) is 1.83. The van der Waals surface area contributed by atoms with Crippen molar-refractivity contribution in [2.75, 3.05) is 18.8 Å². The van der Waals surface area contributed by atoms with E-state index in [1.165, 1.54) is 18.2 Å². The van der Waals surface area contributed by atoms with E-state index in [1.807, 2.05) is 0 Å². The minimum Gasteiger partial charge on any atom is -0.506 e. The number of aliphatic hydroxyl groups is 1. The highest BCUT2D eigenvalue weighted by Crippen LogP contribution is 2.31. The topological polar surface area (TPSA) is 121 Å². The summed E-state index contributed by atoms with van der Waals surface area (Å²) < 4.78 is 25.4. The first-order valence-corrected chi connectivity index (χ1v) is 12.1. The van der Waals surface area contributed by atoms with Gasteiger partial charge in [-0.25, -0.2) is 8.42 Å². The second-order valence-corrected chi connectivity index (χ2v) is 10.7. The lowest BCUT2D eigenvalue weighted by Gasteiger charge is -2.39. The van der Waals surface area contributed by atoms with Gasteiger partial charge in [0.05, 0.1) is 21.9 Å². The van der Waals surface area contributed by atoms with Crippen LogP contribution in [0.15, 0.2) is 47.4 Å². The van der Waals surface area contributed by atoms with Crippen molar-refractivity contribution < 1.29 is 23.4 Å². The number of benzene rings is 2. The number of amides is 1. The number of aromatic hydroxyl groups is 1. The van der Waals surface area contributed by atoms with Crippen molar-refractivity contribution in [1.82, 2.24) is 4.90 Å². The molecule has 1 fully saturated rings. The number of phenolic OH excluding ortho intramolecular Hbond substituents is 1. The molecule has 0 saturated carbocycles. The Labute approximate surface area is 183 Å². The Hall–Kier alpha value is -2.58. The van der Waals surface area contributed by atoms with Gasteiger partial charge in [0.15, 0.2) is 9.84 Å². The molecule has 1 heterocycles. The van der Waals surface area contributed by atoms with Gasteiger partial charge in [-0.2, -0.15) is 0 Å². The molecule has 4 N–H and O–H groups in total. The Bertz CT molecular complexity index is 1040. The number of phenols is 1. The molecule has 168 valence electrons. The zero-order valence-corrected chi connectivity index (χ0v) is 18.7. The number of carbonyl (C=O) groups excluding carboxylic acids is 1. The average Bonchev–Trinajstić information content (AvgIpc) is 2.69. The number of para-hydroxylation sites is 1. The molecule has 0 aliphatic carbocycles. The fourth-order valence-corrected chi connectivity index (χ4v) is 5.63. The lowest BCUT2D eigenvalue weighted by molar-refractivity contribution is -0.0311. The molecule has 0 bridgehead atoms.